The number of aromatic nitrogens is 2. The Labute approximate surface area is 167 Å². The van der Waals surface area contributed by atoms with Crippen molar-refractivity contribution in [3.05, 3.63) is 80.7 Å². The van der Waals surface area contributed by atoms with Crippen LogP contribution in [-0.2, 0) is 5.41 Å². The number of nitrogen functional groups attached to an aromatic ring is 1. The fourth-order valence-corrected chi connectivity index (χ4v) is 4.62. The maximum absolute atomic E-state index is 12.9. The summed E-state index contributed by atoms with van der Waals surface area (Å²) < 4.78 is 0. The number of carbonyl (C=O) groups is 1. The number of piperidine rings is 1. The van der Waals surface area contributed by atoms with Crippen molar-refractivity contribution in [2.24, 2.45) is 0 Å². The Morgan fingerprint density at radius 2 is 1.89 bits per heavy atom. The maximum atomic E-state index is 12.9. The highest BCUT2D eigenvalue weighted by Crippen LogP contribution is 2.42. The number of anilines is 1. The first kappa shape index (κ1) is 18.4. The number of likely N-dealkylation sites (tertiary alicyclic amines) is 1. The summed E-state index contributed by atoms with van der Waals surface area (Å²) in [6, 6.07) is 13.6. The molecule has 1 saturated heterocycles. The van der Waals surface area contributed by atoms with Gasteiger partial charge in [0.25, 0.3) is 11.5 Å². The molecule has 144 valence electrons. The third kappa shape index (κ3) is 3.22. The number of thiazole rings is 1. The number of aromatic amines is 1. The lowest BCUT2D eigenvalue weighted by molar-refractivity contribution is 0.0682. The summed E-state index contributed by atoms with van der Waals surface area (Å²) in [7, 11) is 0. The van der Waals surface area contributed by atoms with E-state index in [2.05, 4.69) is 22.1 Å². The van der Waals surface area contributed by atoms with Gasteiger partial charge in [0, 0.05) is 29.6 Å². The highest BCUT2D eigenvalue weighted by molar-refractivity contribution is 7.13. The van der Waals surface area contributed by atoms with Crippen LogP contribution in [0.15, 0.2) is 52.6 Å². The number of pyridine rings is 1. The van der Waals surface area contributed by atoms with Gasteiger partial charge in [0.2, 0.25) is 0 Å². The van der Waals surface area contributed by atoms with Crippen molar-refractivity contribution in [3.63, 3.8) is 0 Å². The number of carbonyl (C=O) groups excluding carboxylic acids is 1. The van der Waals surface area contributed by atoms with Crippen LogP contribution in [0, 0.1) is 6.92 Å². The molecule has 6 nitrogen and oxygen atoms in total. The summed E-state index contributed by atoms with van der Waals surface area (Å²) in [6.07, 6.45) is 1.46. The summed E-state index contributed by atoms with van der Waals surface area (Å²) in [5.74, 6) is -0.222. The minimum Gasteiger partial charge on any atom is -0.375 e. The molecule has 7 heteroatoms. The molecule has 1 aliphatic rings. The van der Waals surface area contributed by atoms with Gasteiger partial charge in [-0.05, 0) is 37.5 Å². The lowest BCUT2D eigenvalue weighted by atomic mass is 9.70. The van der Waals surface area contributed by atoms with Gasteiger partial charge in [0.05, 0.1) is 5.69 Å². The summed E-state index contributed by atoms with van der Waals surface area (Å²) in [5, 5.41) is 2.57. The third-order valence-electron chi connectivity index (χ3n) is 5.53. The number of rotatable bonds is 3. The van der Waals surface area contributed by atoms with Gasteiger partial charge in [-0.3, -0.25) is 9.59 Å². The number of nitrogens with two attached hydrogens (primary N) is 1. The van der Waals surface area contributed by atoms with Crippen LogP contribution in [0.25, 0.3) is 0 Å². The minimum atomic E-state index is -0.336. The zero-order valence-corrected chi connectivity index (χ0v) is 16.5. The lowest BCUT2D eigenvalue weighted by Gasteiger charge is -2.41. The molecule has 28 heavy (non-hydrogen) atoms. The topological polar surface area (TPSA) is 92.1 Å². The maximum Gasteiger partial charge on any atom is 0.260 e. The van der Waals surface area contributed by atoms with Gasteiger partial charge >= 0.3 is 0 Å². The Kier molecular flexibility index (Phi) is 4.77. The summed E-state index contributed by atoms with van der Waals surface area (Å²) >= 11 is 1.44. The van der Waals surface area contributed by atoms with Crippen LogP contribution >= 0.6 is 11.3 Å². The van der Waals surface area contributed by atoms with Crippen LogP contribution in [0.5, 0.6) is 0 Å². The molecule has 0 spiro atoms. The predicted molar refractivity (Wildman–Crippen MR) is 111 cm³/mol. The highest BCUT2D eigenvalue weighted by atomic mass is 32.1. The third-order valence-corrected chi connectivity index (χ3v) is 6.20. The molecule has 4 rings (SSSR count). The largest absolute Gasteiger partial charge is 0.375 e. The summed E-state index contributed by atoms with van der Waals surface area (Å²) in [6.45, 7) is 2.90. The Balaban J connectivity index is 1.62. The molecular formula is C21H22N4O2S. The Morgan fingerprint density at radius 1 is 1.18 bits per heavy atom. The molecule has 3 heterocycles. The van der Waals surface area contributed by atoms with E-state index in [1.807, 2.05) is 23.6 Å². The number of benzene rings is 1. The Bertz CT molecular complexity index is 1050. The van der Waals surface area contributed by atoms with E-state index in [4.69, 9.17) is 5.73 Å². The molecule has 0 atom stereocenters. The van der Waals surface area contributed by atoms with Gasteiger partial charge < -0.3 is 15.6 Å². The summed E-state index contributed by atoms with van der Waals surface area (Å²) in [5.41, 5.74) is 8.37. The molecule has 3 aromatic rings. The molecule has 3 N–H and O–H groups in total. The Hall–Kier alpha value is -2.93. The van der Waals surface area contributed by atoms with E-state index >= 15 is 0 Å². The van der Waals surface area contributed by atoms with Crippen LogP contribution in [0.1, 0.15) is 40.2 Å². The average molecular weight is 395 g/mol. The van der Waals surface area contributed by atoms with Gasteiger partial charge in [-0.15, -0.1) is 11.3 Å². The zero-order valence-electron chi connectivity index (χ0n) is 15.6. The molecule has 0 aliphatic carbocycles. The second kappa shape index (κ2) is 7.24. The van der Waals surface area contributed by atoms with E-state index < -0.39 is 0 Å². The van der Waals surface area contributed by atoms with E-state index in [0.717, 1.165) is 24.2 Å². The minimum absolute atomic E-state index is 0.190. The molecule has 1 aromatic carbocycles. The smallest absolute Gasteiger partial charge is 0.260 e. The number of hydrogen-bond donors (Lipinski definition) is 2. The first-order valence-corrected chi connectivity index (χ1v) is 10.1. The number of aryl methyl sites for hydroxylation is 1. The SMILES string of the molecule is Cc1ccc(C(=O)N2CCC(c3ccccc3)(c3csc(N)n3)CC2)c(=O)[nH]1. The van der Waals surface area contributed by atoms with E-state index in [0.29, 0.717) is 18.2 Å². The van der Waals surface area contributed by atoms with Crippen LogP contribution in [0.2, 0.25) is 0 Å². The fraction of sp³-hybridized carbons (Fsp3) is 0.286. The molecule has 0 unspecified atom stereocenters. The van der Waals surface area contributed by atoms with Crippen molar-refractivity contribution in [1.82, 2.24) is 14.9 Å². The number of hydrogen-bond acceptors (Lipinski definition) is 5. The number of H-pyrrole nitrogens is 1. The average Bonchev–Trinajstić information content (AvgIpc) is 3.15. The molecule has 1 fully saturated rings. The highest BCUT2D eigenvalue weighted by Gasteiger charge is 2.41. The van der Waals surface area contributed by atoms with Crippen molar-refractivity contribution in [2.45, 2.75) is 25.2 Å². The number of amides is 1. The van der Waals surface area contributed by atoms with Gasteiger partial charge in [-0.1, -0.05) is 30.3 Å². The molecule has 2 aromatic heterocycles. The Morgan fingerprint density at radius 3 is 2.50 bits per heavy atom. The monoisotopic (exact) mass is 394 g/mol. The second-order valence-electron chi connectivity index (χ2n) is 7.20. The molecule has 0 saturated carbocycles. The first-order valence-electron chi connectivity index (χ1n) is 9.26. The van der Waals surface area contributed by atoms with Crippen LogP contribution < -0.4 is 11.3 Å². The van der Waals surface area contributed by atoms with E-state index in [1.54, 1.807) is 24.0 Å². The van der Waals surface area contributed by atoms with Gasteiger partial charge in [-0.25, -0.2) is 4.98 Å². The molecule has 1 aliphatic heterocycles. The second-order valence-corrected chi connectivity index (χ2v) is 8.09. The van der Waals surface area contributed by atoms with E-state index in [9.17, 15) is 9.59 Å². The van der Waals surface area contributed by atoms with Crippen LogP contribution in [0.4, 0.5) is 5.13 Å². The predicted octanol–water partition coefficient (Wildman–Crippen LogP) is 2.94. The molecule has 1 amide bonds. The van der Waals surface area contributed by atoms with Crippen molar-refractivity contribution in [3.8, 4) is 0 Å². The number of nitrogens with one attached hydrogen (secondary N) is 1. The molecule has 0 bridgehead atoms. The molecule has 0 radical (unpaired) electrons. The summed E-state index contributed by atoms with van der Waals surface area (Å²) in [4.78, 5) is 34.1. The normalized spacial score (nSPS) is 16.1. The quantitative estimate of drug-likeness (QED) is 0.714. The van der Waals surface area contributed by atoms with Crippen LogP contribution in [0.3, 0.4) is 0 Å². The molecular weight excluding hydrogens is 372 g/mol. The first-order chi connectivity index (χ1) is 13.5. The standard InChI is InChI=1S/C21H22N4O2S/c1-14-7-8-16(18(26)23-14)19(27)25-11-9-21(10-12-25,15-5-3-2-4-6-15)17-13-28-20(22)24-17/h2-8,13H,9-12H2,1H3,(H2,22,24)(H,23,26). The zero-order chi connectivity index (χ0) is 19.7. The van der Waals surface area contributed by atoms with Gasteiger partial charge in [0.1, 0.15) is 5.56 Å². The van der Waals surface area contributed by atoms with E-state index in [1.165, 1.54) is 16.9 Å². The van der Waals surface area contributed by atoms with Gasteiger partial charge in [0.15, 0.2) is 5.13 Å². The van der Waals surface area contributed by atoms with Crippen molar-refractivity contribution >= 4 is 22.4 Å². The van der Waals surface area contributed by atoms with E-state index in [-0.39, 0.29) is 22.4 Å². The van der Waals surface area contributed by atoms with Gasteiger partial charge in [-0.2, -0.15) is 0 Å². The lowest BCUT2D eigenvalue weighted by Crippen LogP contribution is -2.47. The van der Waals surface area contributed by atoms with Crippen molar-refractivity contribution in [1.29, 1.82) is 0 Å². The van der Waals surface area contributed by atoms with Crippen LogP contribution in [-0.4, -0.2) is 33.9 Å². The van der Waals surface area contributed by atoms with Crippen molar-refractivity contribution < 1.29 is 4.79 Å². The fourth-order valence-electron chi connectivity index (χ4n) is 3.96. The van der Waals surface area contributed by atoms with Crippen molar-refractivity contribution in [2.75, 3.05) is 18.8 Å². The number of nitrogens with zero attached hydrogens (tertiary/aromatic N) is 2.